The zero-order valence-electron chi connectivity index (χ0n) is 14.5. The number of rotatable bonds is 5. The van der Waals surface area contributed by atoms with Crippen LogP contribution in [-0.4, -0.2) is 71.2 Å². The van der Waals surface area contributed by atoms with Crippen molar-refractivity contribution in [1.29, 1.82) is 0 Å². The van der Waals surface area contributed by atoms with E-state index < -0.39 is 11.6 Å². The number of piperidine rings is 1. The van der Waals surface area contributed by atoms with Gasteiger partial charge in [-0.2, -0.15) is 0 Å². The highest BCUT2D eigenvalue weighted by molar-refractivity contribution is 5.87. The van der Waals surface area contributed by atoms with Crippen LogP contribution < -0.4 is 0 Å². The maximum Gasteiger partial charge on any atom is 0.335 e. The number of hydrogen-bond acceptors (Lipinski definition) is 4. The van der Waals surface area contributed by atoms with Gasteiger partial charge in [0.05, 0.1) is 17.7 Å². The average molecular weight is 334 g/mol. The molecular weight excluding hydrogens is 308 g/mol. The lowest BCUT2D eigenvalue weighted by molar-refractivity contribution is -0.136. The van der Waals surface area contributed by atoms with E-state index in [0.29, 0.717) is 32.5 Å². The molecule has 1 saturated heterocycles. The number of amides is 1. The number of nitrogens with zero attached hydrogens (tertiary/aromatic N) is 2. The summed E-state index contributed by atoms with van der Waals surface area (Å²) in [6, 6.07) is 6.64. The highest BCUT2D eigenvalue weighted by atomic mass is 16.4. The minimum atomic E-state index is -0.958. The van der Waals surface area contributed by atoms with Gasteiger partial charge in [-0.05, 0) is 44.6 Å². The van der Waals surface area contributed by atoms with Crippen molar-refractivity contribution in [2.24, 2.45) is 0 Å². The second kappa shape index (κ2) is 7.32. The van der Waals surface area contributed by atoms with E-state index in [1.807, 2.05) is 25.9 Å². The van der Waals surface area contributed by atoms with Crippen molar-refractivity contribution in [2.45, 2.75) is 31.3 Å². The van der Waals surface area contributed by atoms with Crippen LogP contribution in [0.4, 0.5) is 0 Å². The van der Waals surface area contributed by atoms with E-state index in [1.165, 1.54) is 0 Å². The Morgan fingerprint density at radius 2 is 1.75 bits per heavy atom. The highest BCUT2D eigenvalue weighted by Crippen LogP contribution is 2.36. The predicted octanol–water partition coefficient (Wildman–Crippen LogP) is 1.40. The number of hydrogen-bond donors (Lipinski definition) is 2. The Labute approximate surface area is 142 Å². The predicted molar refractivity (Wildman–Crippen MR) is 91.1 cm³/mol. The number of carbonyl (C=O) groups is 2. The van der Waals surface area contributed by atoms with Gasteiger partial charge in [0.1, 0.15) is 0 Å². The second-order valence-corrected chi connectivity index (χ2v) is 6.87. The van der Waals surface area contributed by atoms with Gasteiger partial charge >= 0.3 is 5.97 Å². The fraction of sp³-hybridized carbons (Fsp3) is 0.556. The van der Waals surface area contributed by atoms with E-state index in [2.05, 4.69) is 0 Å². The third-order valence-electron chi connectivity index (χ3n) is 4.90. The zero-order valence-corrected chi connectivity index (χ0v) is 14.5. The monoisotopic (exact) mass is 334 g/mol. The Hall–Kier alpha value is -1.92. The van der Waals surface area contributed by atoms with Crippen molar-refractivity contribution in [1.82, 2.24) is 9.80 Å². The molecule has 1 amide bonds. The summed E-state index contributed by atoms with van der Waals surface area (Å²) in [5.74, 6) is -0.993. The summed E-state index contributed by atoms with van der Waals surface area (Å²) in [5, 5.41) is 20.0. The number of carbonyl (C=O) groups excluding carboxylic acids is 1. The topological polar surface area (TPSA) is 81.1 Å². The standard InChI is InChI=1S/C18H26N2O4/c1-13(14-4-6-15(7-5-14)17(22)23)18(24)8-10-20(11-9-18)16(21)12-19(2)3/h4-7,13,24H,8-12H2,1-3H3,(H,22,23). The van der Waals surface area contributed by atoms with Gasteiger partial charge in [0.15, 0.2) is 0 Å². The molecule has 0 saturated carbocycles. The molecule has 0 radical (unpaired) electrons. The van der Waals surface area contributed by atoms with Crippen molar-refractivity contribution in [2.75, 3.05) is 33.7 Å². The molecule has 0 aromatic heterocycles. The van der Waals surface area contributed by atoms with E-state index in [4.69, 9.17) is 5.11 Å². The van der Waals surface area contributed by atoms with Crippen LogP contribution in [0.2, 0.25) is 0 Å². The molecule has 0 bridgehead atoms. The molecule has 0 aliphatic carbocycles. The molecule has 1 unspecified atom stereocenters. The van der Waals surface area contributed by atoms with Crippen molar-refractivity contribution >= 4 is 11.9 Å². The highest BCUT2D eigenvalue weighted by Gasteiger charge is 2.39. The number of aliphatic hydroxyl groups is 1. The summed E-state index contributed by atoms with van der Waals surface area (Å²) in [6.45, 7) is 3.42. The summed E-state index contributed by atoms with van der Waals surface area (Å²) in [4.78, 5) is 26.7. The number of likely N-dealkylation sites (N-methyl/N-ethyl adjacent to an activating group) is 1. The average Bonchev–Trinajstić information content (AvgIpc) is 2.54. The van der Waals surface area contributed by atoms with Gasteiger partial charge in [-0.25, -0.2) is 4.79 Å². The Balaban J connectivity index is 2.01. The largest absolute Gasteiger partial charge is 0.478 e. The van der Waals surface area contributed by atoms with Crippen molar-refractivity contribution in [3.63, 3.8) is 0 Å². The van der Waals surface area contributed by atoms with Gasteiger partial charge in [-0.15, -0.1) is 0 Å². The first-order chi connectivity index (χ1) is 11.2. The lowest BCUT2D eigenvalue weighted by Crippen LogP contribution is -2.50. The summed E-state index contributed by atoms with van der Waals surface area (Å²) < 4.78 is 0. The van der Waals surface area contributed by atoms with Gasteiger partial charge < -0.3 is 20.0 Å². The van der Waals surface area contributed by atoms with Crippen LogP contribution in [0.3, 0.4) is 0 Å². The minimum absolute atomic E-state index is 0.0838. The fourth-order valence-corrected chi connectivity index (χ4v) is 3.17. The van der Waals surface area contributed by atoms with Crippen LogP contribution in [0.1, 0.15) is 41.6 Å². The van der Waals surface area contributed by atoms with Crippen LogP contribution in [0.15, 0.2) is 24.3 Å². The van der Waals surface area contributed by atoms with E-state index in [9.17, 15) is 14.7 Å². The van der Waals surface area contributed by atoms with E-state index >= 15 is 0 Å². The molecule has 1 aromatic carbocycles. The van der Waals surface area contributed by atoms with Crippen molar-refractivity contribution in [3.8, 4) is 0 Å². The number of likely N-dealkylation sites (tertiary alicyclic amines) is 1. The molecular formula is C18H26N2O4. The molecule has 2 rings (SSSR count). The molecule has 2 N–H and O–H groups in total. The molecule has 1 aliphatic rings. The van der Waals surface area contributed by atoms with Gasteiger partial charge in [0.2, 0.25) is 5.91 Å². The normalized spacial score (nSPS) is 18.5. The summed E-state index contributed by atoms with van der Waals surface area (Å²) in [7, 11) is 3.72. The summed E-state index contributed by atoms with van der Waals surface area (Å²) >= 11 is 0. The number of aromatic carboxylic acids is 1. The van der Waals surface area contributed by atoms with Crippen LogP contribution >= 0.6 is 0 Å². The Morgan fingerprint density at radius 3 is 2.21 bits per heavy atom. The third-order valence-corrected chi connectivity index (χ3v) is 4.90. The quantitative estimate of drug-likeness (QED) is 0.851. The number of carboxylic acid groups (broad SMARTS) is 1. The van der Waals surface area contributed by atoms with Crippen LogP contribution in [0.25, 0.3) is 0 Å². The molecule has 6 nitrogen and oxygen atoms in total. The summed E-state index contributed by atoms with van der Waals surface area (Å²) in [6.07, 6.45) is 1.04. The van der Waals surface area contributed by atoms with Crippen LogP contribution in [0.5, 0.6) is 0 Å². The summed E-state index contributed by atoms with van der Waals surface area (Å²) in [5.41, 5.74) is 0.275. The Morgan fingerprint density at radius 1 is 1.21 bits per heavy atom. The maximum absolute atomic E-state index is 12.1. The second-order valence-electron chi connectivity index (χ2n) is 6.87. The molecule has 6 heteroatoms. The Kier molecular flexibility index (Phi) is 5.62. The molecule has 0 spiro atoms. The van der Waals surface area contributed by atoms with Gasteiger partial charge in [0, 0.05) is 19.0 Å². The SMILES string of the molecule is CC(c1ccc(C(=O)O)cc1)C1(O)CCN(C(=O)CN(C)C)CC1. The molecule has 1 heterocycles. The molecule has 24 heavy (non-hydrogen) atoms. The smallest absolute Gasteiger partial charge is 0.335 e. The lowest BCUT2D eigenvalue weighted by atomic mass is 9.77. The fourth-order valence-electron chi connectivity index (χ4n) is 3.17. The maximum atomic E-state index is 12.1. The first-order valence-electron chi connectivity index (χ1n) is 8.21. The van der Waals surface area contributed by atoms with Gasteiger partial charge in [-0.1, -0.05) is 19.1 Å². The minimum Gasteiger partial charge on any atom is -0.478 e. The number of carboxylic acids is 1. The third kappa shape index (κ3) is 4.13. The van der Waals surface area contributed by atoms with Crippen molar-refractivity contribution < 1.29 is 19.8 Å². The van der Waals surface area contributed by atoms with Gasteiger partial charge in [0.25, 0.3) is 0 Å². The lowest BCUT2D eigenvalue weighted by Gasteiger charge is -2.42. The van der Waals surface area contributed by atoms with Crippen molar-refractivity contribution in [3.05, 3.63) is 35.4 Å². The molecule has 1 fully saturated rings. The molecule has 1 atom stereocenters. The van der Waals surface area contributed by atoms with Crippen LogP contribution in [0, 0.1) is 0 Å². The molecule has 132 valence electrons. The first-order valence-corrected chi connectivity index (χ1v) is 8.21. The van der Waals surface area contributed by atoms with E-state index in [1.54, 1.807) is 29.2 Å². The Bertz CT molecular complexity index is 590. The number of benzene rings is 1. The molecule has 1 aromatic rings. The van der Waals surface area contributed by atoms with E-state index in [0.717, 1.165) is 5.56 Å². The van der Waals surface area contributed by atoms with Gasteiger partial charge in [-0.3, -0.25) is 4.79 Å². The zero-order chi connectivity index (χ0) is 17.9. The molecule has 1 aliphatic heterocycles. The van der Waals surface area contributed by atoms with E-state index in [-0.39, 0.29) is 17.4 Å². The van der Waals surface area contributed by atoms with Crippen LogP contribution in [-0.2, 0) is 4.79 Å². The first kappa shape index (κ1) is 18.4.